The van der Waals surface area contributed by atoms with Gasteiger partial charge in [0.25, 0.3) is 0 Å². The number of fused-ring (bicyclic) bond motifs is 1. The number of hydrogen-bond acceptors (Lipinski definition) is 3. The monoisotopic (exact) mass is 322 g/mol. The molecule has 0 aliphatic carbocycles. The quantitative estimate of drug-likeness (QED) is 0.899. The van der Waals surface area contributed by atoms with Crippen molar-refractivity contribution in [3.63, 3.8) is 0 Å². The molecule has 2 heterocycles. The molecule has 2 amide bonds. The van der Waals surface area contributed by atoms with E-state index in [1.165, 1.54) is 12.1 Å². The van der Waals surface area contributed by atoms with Crippen LogP contribution in [-0.4, -0.2) is 31.9 Å². The minimum atomic E-state index is -0.330. The fourth-order valence-electron chi connectivity index (χ4n) is 3.17. The van der Waals surface area contributed by atoms with Crippen LogP contribution < -0.4 is 15.4 Å². The third kappa shape index (κ3) is 3.93. The Kier molecular flexibility index (Phi) is 5.00. The smallest absolute Gasteiger partial charge is 0.315 e. The van der Waals surface area contributed by atoms with E-state index in [1.54, 1.807) is 6.07 Å². The molecule has 2 aliphatic rings. The summed E-state index contributed by atoms with van der Waals surface area (Å²) in [6.07, 6.45) is 2.56. The number of urea groups is 1. The van der Waals surface area contributed by atoms with Crippen LogP contribution in [0.15, 0.2) is 18.2 Å². The van der Waals surface area contributed by atoms with E-state index in [-0.39, 0.29) is 23.9 Å². The molecular weight excluding hydrogens is 299 g/mol. The number of halogens is 1. The van der Waals surface area contributed by atoms with Gasteiger partial charge in [-0.1, -0.05) is 6.07 Å². The summed E-state index contributed by atoms with van der Waals surface area (Å²) in [5.74, 6) is 0.549. The zero-order valence-corrected chi connectivity index (χ0v) is 13.3. The lowest BCUT2D eigenvalue weighted by Gasteiger charge is -2.23. The van der Waals surface area contributed by atoms with Crippen LogP contribution in [0.2, 0.25) is 0 Å². The van der Waals surface area contributed by atoms with Gasteiger partial charge in [0.1, 0.15) is 11.6 Å². The summed E-state index contributed by atoms with van der Waals surface area (Å²) in [5.41, 5.74) is 0.830. The predicted octanol–water partition coefficient (Wildman–Crippen LogP) is 2.76. The minimum absolute atomic E-state index is 0.0622. The Morgan fingerprint density at radius 3 is 3.00 bits per heavy atom. The van der Waals surface area contributed by atoms with Crippen LogP contribution >= 0.6 is 0 Å². The lowest BCUT2D eigenvalue weighted by molar-refractivity contribution is 0.177. The molecule has 0 spiro atoms. The van der Waals surface area contributed by atoms with Crippen LogP contribution in [0.5, 0.6) is 5.75 Å². The SMILES string of the molecule is CC(NC(=O)NC1CCCOc2cc(F)ccc21)C1CCOC1. The molecule has 1 saturated heterocycles. The Morgan fingerprint density at radius 1 is 1.35 bits per heavy atom. The third-order valence-corrected chi connectivity index (χ3v) is 4.58. The molecule has 0 radical (unpaired) electrons. The first-order chi connectivity index (χ1) is 11.1. The maximum Gasteiger partial charge on any atom is 0.315 e. The zero-order chi connectivity index (χ0) is 16.2. The number of amides is 2. The van der Waals surface area contributed by atoms with E-state index >= 15 is 0 Å². The highest BCUT2D eigenvalue weighted by molar-refractivity contribution is 5.75. The van der Waals surface area contributed by atoms with E-state index in [0.29, 0.717) is 24.9 Å². The van der Waals surface area contributed by atoms with Gasteiger partial charge in [-0.15, -0.1) is 0 Å². The Labute approximate surface area is 135 Å². The van der Waals surface area contributed by atoms with Crippen LogP contribution in [0.25, 0.3) is 0 Å². The summed E-state index contributed by atoms with van der Waals surface area (Å²) in [6, 6.07) is 4.17. The van der Waals surface area contributed by atoms with Gasteiger partial charge in [0.05, 0.1) is 19.3 Å². The minimum Gasteiger partial charge on any atom is -0.493 e. The van der Waals surface area contributed by atoms with Crippen molar-refractivity contribution in [3.8, 4) is 5.75 Å². The van der Waals surface area contributed by atoms with E-state index in [4.69, 9.17) is 9.47 Å². The molecule has 1 aromatic rings. The average molecular weight is 322 g/mol. The van der Waals surface area contributed by atoms with Crippen molar-refractivity contribution in [1.82, 2.24) is 10.6 Å². The van der Waals surface area contributed by atoms with Gasteiger partial charge in [0, 0.05) is 30.2 Å². The fourth-order valence-corrected chi connectivity index (χ4v) is 3.17. The van der Waals surface area contributed by atoms with Gasteiger partial charge < -0.3 is 20.1 Å². The number of benzene rings is 1. The number of hydrogen-bond donors (Lipinski definition) is 2. The van der Waals surface area contributed by atoms with E-state index < -0.39 is 0 Å². The Morgan fingerprint density at radius 2 is 2.22 bits per heavy atom. The molecular formula is C17H23FN2O3. The summed E-state index contributed by atoms with van der Waals surface area (Å²) in [4.78, 5) is 12.3. The highest BCUT2D eigenvalue weighted by atomic mass is 19.1. The molecule has 3 rings (SSSR count). The number of nitrogens with one attached hydrogen (secondary N) is 2. The summed E-state index contributed by atoms with van der Waals surface area (Å²) in [6.45, 7) is 3.99. The lowest BCUT2D eigenvalue weighted by Crippen LogP contribution is -2.45. The van der Waals surface area contributed by atoms with Crippen molar-refractivity contribution in [1.29, 1.82) is 0 Å². The first-order valence-electron chi connectivity index (χ1n) is 8.20. The van der Waals surface area contributed by atoms with Crippen LogP contribution in [0.1, 0.15) is 37.8 Å². The van der Waals surface area contributed by atoms with Crippen molar-refractivity contribution < 1.29 is 18.7 Å². The molecule has 1 aromatic carbocycles. The lowest BCUT2D eigenvalue weighted by atomic mass is 10.0. The topological polar surface area (TPSA) is 59.6 Å². The van der Waals surface area contributed by atoms with Crippen molar-refractivity contribution in [2.45, 2.75) is 38.3 Å². The summed E-state index contributed by atoms with van der Waals surface area (Å²) in [5, 5.41) is 5.98. The second-order valence-electron chi connectivity index (χ2n) is 6.26. The van der Waals surface area contributed by atoms with Gasteiger partial charge in [-0.05, 0) is 32.3 Å². The molecule has 3 unspecified atom stereocenters. The van der Waals surface area contributed by atoms with Gasteiger partial charge in [0.15, 0.2) is 0 Å². The predicted molar refractivity (Wildman–Crippen MR) is 83.9 cm³/mol. The van der Waals surface area contributed by atoms with E-state index in [9.17, 15) is 9.18 Å². The maximum absolute atomic E-state index is 13.4. The molecule has 0 aromatic heterocycles. The first-order valence-corrected chi connectivity index (χ1v) is 8.20. The summed E-state index contributed by atoms with van der Waals surface area (Å²) >= 11 is 0. The number of ether oxygens (including phenoxy) is 2. The molecule has 2 N–H and O–H groups in total. The van der Waals surface area contributed by atoms with Crippen LogP contribution in [0.3, 0.4) is 0 Å². The molecule has 126 valence electrons. The first kappa shape index (κ1) is 16.1. The summed E-state index contributed by atoms with van der Waals surface area (Å²) in [7, 11) is 0. The van der Waals surface area contributed by atoms with Crippen LogP contribution in [-0.2, 0) is 4.74 Å². The molecule has 5 nitrogen and oxygen atoms in total. The van der Waals surface area contributed by atoms with Crippen molar-refractivity contribution in [2.75, 3.05) is 19.8 Å². The second-order valence-corrected chi connectivity index (χ2v) is 6.26. The Hall–Kier alpha value is -1.82. The van der Waals surface area contributed by atoms with Gasteiger partial charge in [-0.3, -0.25) is 0 Å². The molecule has 6 heteroatoms. The normalized spacial score (nSPS) is 25.0. The summed E-state index contributed by atoms with van der Waals surface area (Å²) < 4.78 is 24.3. The van der Waals surface area contributed by atoms with E-state index in [0.717, 1.165) is 31.4 Å². The number of rotatable bonds is 3. The fraction of sp³-hybridized carbons (Fsp3) is 0.588. The molecule has 3 atom stereocenters. The van der Waals surface area contributed by atoms with Gasteiger partial charge in [-0.25, -0.2) is 9.18 Å². The number of carbonyl (C=O) groups is 1. The highest BCUT2D eigenvalue weighted by Crippen LogP contribution is 2.32. The van der Waals surface area contributed by atoms with Crippen LogP contribution in [0.4, 0.5) is 9.18 Å². The standard InChI is InChI=1S/C17H23FN2O3/c1-11(12-6-8-22-10-12)19-17(21)20-15-3-2-7-23-16-9-13(18)4-5-14(15)16/h4-5,9,11-12,15H,2-3,6-8,10H2,1H3,(H2,19,20,21). The second kappa shape index (κ2) is 7.17. The number of carbonyl (C=O) groups excluding carboxylic acids is 1. The molecule has 23 heavy (non-hydrogen) atoms. The van der Waals surface area contributed by atoms with E-state index in [1.807, 2.05) is 6.92 Å². The molecule has 2 aliphatic heterocycles. The highest BCUT2D eigenvalue weighted by Gasteiger charge is 2.26. The third-order valence-electron chi connectivity index (χ3n) is 4.58. The van der Waals surface area contributed by atoms with Gasteiger partial charge >= 0.3 is 6.03 Å². The molecule has 0 saturated carbocycles. The largest absolute Gasteiger partial charge is 0.493 e. The van der Waals surface area contributed by atoms with E-state index in [2.05, 4.69) is 10.6 Å². The van der Waals surface area contributed by atoms with Crippen molar-refractivity contribution >= 4 is 6.03 Å². The van der Waals surface area contributed by atoms with Crippen molar-refractivity contribution in [3.05, 3.63) is 29.6 Å². The molecule has 1 fully saturated rings. The van der Waals surface area contributed by atoms with Crippen molar-refractivity contribution in [2.24, 2.45) is 5.92 Å². The van der Waals surface area contributed by atoms with Gasteiger partial charge in [-0.2, -0.15) is 0 Å². The zero-order valence-electron chi connectivity index (χ0n) is 13.3. The maximum atomic E-state index is 13.4. The van der Waals surface area contributed by atoms with Gasteiger partial charge in [0.2, 0.25) is 0 Å². The Balaban J connectivity index is 1.63. The average Bonchev–Trinajstić information content (AvgIpc) is 2.98. The Bertz CT molecular complexity index is 561. The van der Waals surface area contributed by atoms with Crippen LogP contribution in [0, 0.1) is 11.7 Å². The molecule has 0 bridgehead atoms.